The van der Waals surface area contributed by atoms with Gasteiger partial charge in [0.05, 0.1) is 18.5 Å². The van der Waals surface area contributed by atoms with Crippen LogP contribution in [0.25, 0.3) is 11.0 Å². The Morgan fingerprint density at radius 2 is 2.22 bits per heavy atom. The second-order valence-electron chi connectivity index (χ2n) is 9.05. The number of piperidine rings is 1. The van der Waals surface area contributed by atoms with Crippen molar-refractivity contribution in [2.75, 3.05) is 36.5 Å². The number of hydrogen-bond donors (Lipinski definition) is 2. The van der Waals surface area contributed by atoms with E-state index in [1.165, 1.54) is 0 Å². The first-order valence-electron chi connectivity index (χ1n) is 11.6. The van der Waals surface area contributed by atoms with E-state index in [1.54, 1.807) is 6.33 Å². The van der Waals surface area contributed by atoms with Crippen LogP contribution in [0, 0.1) is 11.8 Å². The molecule has 3 aromatic rings. The lowest BCUT2D eigenvalue weighted by atomic mass is 9.92. The molecule has 0 amide bonds. The minimum absolute atomic E-state index is 0.234. The summed E-state index contributed by atoms with van der Waals surface area (Å²) < 4.78 is 5.82. The lowest BCUT2D eigenvalue weighted by molar-refractivity contribution is -0.118. The molecule has 0 radical (unpaired) electrons. The highest BCUT2D eigenvalue weighted by molar-refractivity contribution is 5.87. The fraction of sp³-hybridized carbons (Fsp3) is 0.480. The van der Waals surface area contributed by atoms with Crippen molar-refractivity contribution in [2.45, 2.75) is 39.5 Å². The first kappa shape index (κ1) is 22.1. The summed E-state index contributed by atoms with van der Waals surface area (Å²) in [6, 6.07) is 9.87. The van der Waals surface area contributed by atoms with Crippen molar-refractivity contribution in [2.24, 2.45) is 11.8 Å². The fourth-order valence-corrected chi connectivity index (χ4v) is 4.24. The topological polar surface area (TPSA) is 83.1 Å². The Morgan fingerprint density at radius 1 is 1.31 bits per heavy atom. The van der Waals surface area contributed by atoms with Crippen molar-refractivity contribution >= 4 is 28.3 Å². The number of ketones is 1. The number of rotatable bonds is 10. The zero-order valence-electron chi connectivity index (χ0n) is 19.0. The molecule has 3 heterocycles. The van der Waals surface area contributed by atoms with E-state index in [-0.39, 0.29) is 5.78 Å². The van der Waals surface area contributed by atoms with E-state index < -0.39 is 0 Å². The smallest absolute Gasteiger partial charge is 0.152 e. The van der Waals surface area contributed by atoms with Crippen LogP contribution in [0.5, 0.6) is 5.75 Å². The van der Waals surface area contributed by atoms with Gasteiger partial charge in [-0.2, -0.15) is 0 Å². The van der Waals surface area contributed by atoms with E-state index in [2.05, 4.69) is 39.0 Å². The maximum absolute atomic E-state index is 12.7. The first-order valence-corrected chi connectivity index (χ1v) is 11.6. The van der Waals surface area contributed by atoms with Gasteiger partial charge in [0.1, 0.15) is 23.5 Å². The molecule has 1 fully saturated rings. The third-order valence-corrected chi connectivity index (χ3v) is 5.96. The summed E-state index contributed by atoms with van der Waals surface area (Å²) in [5, 5.41) is 4.31. The van der Waals surface area contributed by atoms with Crippen molar-refractivity contribution in [1.29, 1.82) is 0 Å². The standard InChI is InChI=1S/C25H33N5O2/c1-18(2)9-12-32-22-7-3-6-20(14-22)27-15-21(31)13-19-5-4-11-30(16-19)25-23-8-10-26-24(23)28-17-29-25/h3,6-8,10,14,17-19,27H,4-5,9,11-13,15-16H2,1-2H3,(H,26,28,29)/t19-/m0/s1. The van der Waals surface area contributed by atoms with Crippen molar-refractivity contribution in [3.05, 3.63) is 42.9 Å². The molecule has 7 nitrogen and oxygen atoms in total. The number of anilines is 2. The number of nitrogens with one attached hydrogen (secondary N) is 2. The summed E-state index contributed by atoms with van der Waals surface area (Å²) in [5.74, 6) is 2.99. The summed E-state index contributed by atoms with van der Waals surface area (Å²) in [5.41, 5.74) is 1.77. The third kappa shape index (κ3) is 5.78. The van der Waals surface area contributed by atoms with Crippen LogP contribution in [0.3, 0.4) is 0 Å². The molecule has 0 aliphatic carbocycles. The van der Waals surface area contributed by atoms with E-state index >= 15 is 0 Å². The van der Waals surface area contributed by atoms with Crippen LogP contribution in [0.1, 0.15) is 39.5 Å². The van der Waals surface area contributed by atoms with Crippen molar-refractivity contribution in [3.63, 3.8) is 0 Å². The summed E-state index contributed by atoms with van der Waals surface area (Å²) in [6.45, 7) is 7.23. The number of Topliss-reactive ketones (excluding diaryl/α,β-unsaturated/α-hetero) is 1. The number of carbonyl (C=O) groups is 1. The molecular weight excluding hydrogens is 402 g/mol. The van der Waals surface area contributed by atoms with E-state index in [1.807, 2.05) is 36.5 Å². The van der Waals surface area contributed by atoms with Gasteiger partial charge in [0.25, 0.3) is 0 Å². The van der Waals surface area contributed by atoms with Crippen molar-refractivity contribution < 1.29 is 9.53 Å². The molecule has 4 rings (SSSR count). The van der Waals surface area contributed by atoms with E-state index in [0.29, 0.717) is 31.4 Å². The monoisotopic (exact) mass is 435 g/mol. The number of fused-ring (bicyclic) bond motifs is 1. The Labute approximate surface area is 189 Å². The molecule has 0 saturated carbocycles. The summed E-state index contributed by atoms with van der Waals surface area (Å²) in [4.78, 5) is 26.9. The van der Waals surface area contributed by atoms with Gasteiger partial charge in [-0.3, -0.25) is 4.79 Å². The summed E-state index contributed by atoms with van der Waals surface area (Å²) >= 11 is 0. The number of hydrogen-bond acceptors (Lipinski definition) is 6. The van der Waals surface area contributed by atoms with Crippen LogP contribution < -0.4 is 15.0 Å². The maximum atomic E-state index is 12.7. The van der Waals surface area contributed by atoms with E-state index in [4.69, 9.17) is 4.74 Å². The van der Waals surface area contributed by atoms with E-state index in [9.17, 15) is 4.79 Å². The van der Waals surface area contributed by atoms with Gasteiger partial charge in [0.15, 0.2) is 5.78 Å². The Kier molecular flexibility index (Phi) is 7.24. The van der Waals surface area contributed by atoms with Crippen LogP contribution in [-0.2, 0) is 4.79 Å². The molecule has 0 bridgehead atoms. The zero-order valence-corrected chi connectivity index (χ0v) is 19.0. The van der Waals surface area contributed by atoms with Crippen LogP contribution in [0.4, 0.5) is 11.5 Å². The second-order valence-corrected chi connectivity index (χ2v) is 9.05. The van der Waals surface area contributed by atoms with Gasteiger partial charge >= 0.3 is 0 Å². The zero-order chi connectivity index (χ0) is 22.3. The molecule has 0 spiro atoms. The van der Waals surface area contributed by atoms with Crippen LogP contribution in [0.15, 0.2) is 42.9 Å². The van der Waals surface area contributed by atoms with Crippen LogP contribution in [-0.4, -0.2) is 47.0 Å². The Hall–Kier alpha value is -3.09. The van der Waals surface area contributed by atoms with E-state index in [0.717, 1.165) is 60.6 Å². The van der Waals surface area contributed by atoms with Crippen molar-refractivity contribution in [1.82, 2.24) is 15.0 Å². The van der Waals surface area contributed by atoms with Gasteiger partial charge in [-0.25, -0.2) is 9.97 Å². The highest BCUT2D eigenvalue weighted by Crippen LogP contribution is 2.28. The molecule has 2 N–H and O–H groups in total. The Balaban J connectivity index is 1.27. The number of aromatic amines is 1. The van der Waals surface area contributed by atoms with Gasteiger partial charge in [0.2, 0.25) is 0 Å². The molecular formula is C25H33N5O2. The second kappa shape index (κ2) is 10.5. The number of ether oxygens (including phenoxy) is 1. The first-order chi connectivity index (χ1) is 15.6. The molecule has 2 aromatic heterocycles. The normalized spacial score (nSPS) is 16.5. The third-order valence-electron chi connectivity index (χ3n) is 5.96. The summed E-state index contributed by atoms with van der Waals surface area (Å²) in [7, 11) is 0. The maximum Gasteiger partial charge on any atom is 0.152 e. The van der Waals surface area contributed by atoms with Gasteiger partial charge in [-0.05, 0) is 49.3 Å². The fourth-order valence-electron chi connectivity index (χ4n) is 4.24. The number of nitrogens with zero attached hydrogens (tertiary/aromatic N) is 3. The molecule has 7 heteroatoms. The van der Waals surface area contributed by atoms with Crippen LogP contribution in [0.2, 0.25) is 0 Å². The highest BCUT2D eigenvalue weighted by atomic mass is 16.5. The SMILES string of the molecule is CC(C)CCOc1cccc(NCC(=O)C[C@@H]2CCCN(c3ncnc4[nH]ccc34)C2)c1. The quantitative estimate of drug-likeness (QED) is 0.481. The predicted octanol–water partition coefficient (Wildman–Crippen LogP) is 4.67. The Morgan fingerprint density at radius 3 is 3.09 bits per heavy atom. The molecule has 170 valence electrons. The van der Waals surface area contributed by atoms with Gasteiger partial charge in [-0.15, -0.1) is 0 Å². The molecule has 32 heavy (non-hydrogen) atoms. The Bertz CT molecular complexity index is 1030. The van der Waals surface area contributed by atoms with Crippen molar-refractivity contribution in [3.8, 4) is 5.75 Å². The lowest BCUT2D eigenvalue weighted by Gasteiger charge is -2.33. The average Bonchev–Trinajstić information content (AvgIpc) is 3.27. The highest BCUT2D eigenvalue weighted by Gasteiger charge is 2.24. The number of carbonyl (C=O) groups excluding carboxylic acids is 1. The van der Waals surface area contributed by atoms with Gasteiger partial charge in [-0.1, -0.05) is 19.9 Å². The minimum Gasteiger partial charge on any atom is -0.494 e. The van der Waals surface area contributed by atoms with Crippen LogP contribution >= 0.6 is 0 Å². The lowest BCUT2D eigenvalue weighted by Crippen LogP contribution is -2.37. The predicted molar refractivity (Wildman–Crippen MR) is 128 cm³/mol. The van der Waals surface area contributed by atoms with Gasteiger partial charge in [0, 0.05) is 37.5 Å². The number of H-pyrrole nitrogens is 1. The number of aromatic nitrogens is 3. The molecule has 1 saturated heterocycles. The summed E-state index contributed by atoms with van der Waals surface area (Å²) in [6.07, 6.45) is 7.24. The molecule has 1 aromatic carbocycles. The molecule has 1 atom stereocenters. The molecule has 1 aliphatic heterocycles. The number of benzene rings is 1. The average molecular weight is 436 g/mol. The minimum atomic E-state index is 0.234. The molecule has 0 unspecified atom stereocenters. The molecule has 1 aliphatic rings. The largest absolute Gasteiger partial charge is 0.494 e. The van der Waals surface area contributed by atoms with Gasteiger partial charge < -0.3 is 19.9 Å².